The molecule has 0 amide bonds. The third-order valence-electron chi connectivity index (χ3n) is 3.61. The summed E-state index contributed by atoms with van der Waals surface area (Å²) in [4.78, 5) is 4.26. The molecule has 1 aromatic heterocycles. The standard InChI is InChI=1S/C14H17N3O3/c1-19-11-5-2-4-10(8-11)12-16-13(20-17-12)15-9-14(18)6-3-7-14/h2,4-5,8,18H,3,6-7,9H2,1H3,(H,15,16,17). The molecule has 0 unspecified atom stereocenters. The minimum Gasteiger partial charge on any atom is -0.497 e. The van der Waals surface area contributed by atoms with Gasteiger partial charge in [-0.25, -0.2) is 0 Å². The molecule has 2 aromatic rings. The highest BCUT2D eigenvalue weighted by Crippen LogP contribution is 2.31. The molecule has 3 rings (SSSR count). The number of anilines is 1. The maximum atomic E-state index is 9.99. The van der Waals surface area contributed by atoms with E-state index < -0.39 is 5.60 Å². The maximum absolute atomic E-state index is 9.99. The molecule has 1 aromatic carbocycles. The van der Waals surface area contributed by atoms with Gasteiger partial charge in [0.05, 0.1) is 12.7 Å². The SMILES string of the molecule is COc1cccc(-c2noc(NCC3(O)CCC3)n2)c1. The predicted octanol–water partition coefficient (Wildman–Crippen LogP) is 2.07. The molecule has 1 aliphatic rings. The fourth-order valence-corrected chi connectivity index (χ4v) is 2.18. The van der Waals surface area contributed by atoms with Crippen LogP contribution in [-0.2, 0) is 0 Å². The van der Waals surface area contributed by atoms with Crippen molar-refractivity contribution in [1.82, 2.24) is 10.1 Å². The summed E-state index contributed by atoms with van der Waals surface area (Å²) in [6.45, 7) is 0.437. The summed E-state index contributed by atoms with van der Waals surface area (Å²) in [5.41, 5.74) is 0.202. The van der Waals surface area contributed by atoms with Crippen LogP contribution in [0.15, 0.2) is 28.8 Å². The van der Waals surface area contributed by atoms with E-state index in [0.29, 0.717) is 18.4 Å². The monoisotopic (exact) mass is 275 g/mol. The molecule has 0 saturated heterocycles. The van der Waals surface area contributed by atoms with Gasteiger partial charge in [-0.05, 0) is 31.4 Å². The number of ether oxygens (including phenoxy) is 1. The van der Waals surface area contributed by atoms with Crippen molar-refractivity contribution in [3.63, 3.8) is 0 Å². The summed E-state index contributed by atoms with van der Waals surface area (Å²) < 4.78 is 10.3. The van der Waals surface area contributed by atoms with E-state index in [1.807, 2.05) is 24.3 Å². The fraction of sp³-hybridized carbons (Fsp3) is 0.429. The molecule has 0 aliphatic heterocycles. The van der Waals surface area contributed by atoms with Crippen molar-refractivity contribution >= 4 is 6.01 Å². The molecule has 1 aliphatic carbocycles. The van der Waals surface area contributed by atoms with Crippen LogP contribution >= 0.6 is 0 Å². The van der Waals surface area contributed by atoms with Crippen molar-refractivity contribution in [2.45, 2.75) is 24.9 Å². The van der Waals surface area contributed by atoms with E-state index in [2.05, 4.69) is 15.5 Å². The minimum absolute atomic E-state index is 0.322. The van der Waals surface area contributed by atoms with E-state index >= 15 is 0 Å². The second-order valence-corrected chi connectivity index (χ2v) is 5.09. The van der Waals surface area contributed by atoms with Crippen LogP contribution in [0.3, 0.4) is 0 Å². The Balaban J connectivity index is 1.69. The van der Waals surface area contributed by atoms with Gasteiger partial charge in [0.15, 0.2) is 0 Å². The van der Waals surface area contributed by atoms with Crippen LogP contribution in [0.4, 0.5) is 6.01 Å². The first-order chi connectivity index (χ1) is 9.68. The Morgan fingerprint density at radius 2 is 2.30 bits per heavy atom. The predicted molar refractivity (Wildman–Crippen MR) is 73.6 cm³/mol. The van der Waals surface area contributed by atoms with Crippen LogP contribution in [-0.4, -0.2) is 34.5 Å². The molecule has 6 nitrogen and oxygen atoms in total. The number of hydrogen-bond acceptors (Lipinski definition) is 6. The van der Waals surface area contributed by atoms with Crippen molar-refractivity contribution in [3.8, 4) is 17.1 Å². The first kappa shape index (κ1) is 12.9. The van der Waals surface area contributed by atoms with E-state index in [9.17, 15) is 5.11 Å². The second-order valence-electron chi connectivity index (χ2n) is 5.09. The zero-order valence-electron chi connectivity index (χ0n) is 11.3. The molecule has 0 atom stereocenters. The highest BCUT2D eigenvalue weighted by Gasteiger charge is 2.34. The van der Waals surface area contributed by atoms with Crippen LogP contribution in [0.2, 0.25) is 0 Å². The zero-order valence-corrected chi connectivity index (χ0v) is 11.3. The van der Waals surface area contributed by atoms with E-state index in [0.717, 1.165) is 30.6 Å². The third kappa shape index (κ3) is 2.60. The Hall–Kier alpha value is -2.08. The number of aliphatic hydroxyl groups is 1. The highest BCUT2D eigenvalue weighted by molar-refractivity contribution is 5.57. The molecular weight excluding hydrogens is 258 g/mol. The molecule has 1 fully saturated rings. The van der Waals surface area contributed by atoms with E-state index in [1.54, 1.807) is 7.11 Å². The molecule has 1 heterocycles. The van der Waals surface area contributed by atoms with Gasteiger partial charge in [0.2, 0.25) is 5.82 Å². The van der Waals surface area contributed by atoms with Crippen LogP contribution in [0.5, 0.6) is 5.75 Å². The van der Waals surface area contributed by atoms with Crippen molar-refractivity contribution in [1.29, 1.82) is 0 Å². The van der Waals surface area contributed by atoms with Crippen molar-refractivity contribution in [2.75, 3.05) is 19.0 Å². The minimum atomic E-state index is -0.620. The molecule has 2 N–H and O–H groups in total. The summed E-state index contributed by atoms with van der Waals surface area (Å²) >= 11 is 0. The quantitative estimate of drug-likeness (QED) is 0.869. The Labute approximate surface area is 116 Å². The van der Waals surface area contributed by atoms with Gasteiger partial charge >= 0.3 is 6.01 Å². The Bertz CT molecular complexity index is 593. The van der Waals surface area contributed by atoms with E-state index in [-0.39, 0.29) is 0 Å². The summed E-state index contributed by atoms with van der Waals surface area (Å²) in [5, 5.41) is 16.9. The molecule has 6 heteroatoms. The second kappa shape index (κ2) is 5.13. The molecule has 0 radical (unpaired) electrons. The zero-order chi connectivity index (χ0) is 14.0. The Morgan fingerprint density at radius 1 is 1.45 bits per heavy atom. The van der Waals surface area contributed by atoms with Gasteiger partial charge in [0, 0.05) is 12.1 Å². The molecule has 20 heavy (non-hydrogen) atoms. The third-order valence-corrected chi connectivity index (χ3v) is 3.61. The lowest BCUT2D eigenvalue weighted by atomic mass is 9.80. The summed E-state index contributed by atoms with van der Waals surface area (Å²) in [6, 6.07) is 7.78. The van der Waals surface area contributed by atoms with Crippen LogP contribution in [0.1, 0.15) is 19.3 Å². The van der Waals surface area contributed by atoms with Crippen LogP contribution < -0.4 is 10.1 Å². The van der Waals surface area contributed by atoms with E-state index in [1.165, 1.54) is 0 Å². The number of aromatic nitrogens is 2. The largest absolute Gasteiger partial charge is 0.497 e. The summed E-state index contributed by atoms with van der Waals surface area (Å²) in [6.07, 6.45) is 2.70. The fourth-order valence-electron chi connectivity index (χ4n) is 2.18. The average Bonchev–Trinajstić information content (AvgIpc) is 2.92. The lowest BCUT2D eigenvalue weighted by Gasteiger charge is -2.36. The van der Waals surface area contributed by atoms with Crippen LogP contribution in [0.25, 0.3) is 11.4 Å². The van der Waals surface area contributed by atoms with Gasteiger partial charge in [-0.15, -0.1) is 0 Å². The highest BCUT2D eigenvalue weighted by atomic mass is 16.5. The Kier molecular flexibility index (Phi) is 3.31. The lowest BCUT2D eigenvalue weighted by molar-refractivity contribution is -0.0206. The first-order valence-electron chi connectivity index (χ1n) is 6.63. The van der Waals surface area contributed by atoms with Gasteiger partial charge in [-0.1, -0.05) is 17.3 Å². The lowest BCUT2D eigenvalue weighted by Crippen LogP contribution is -2.43. The van der Waals surface area contributed by atoms with Crippen molar-refractivity contribution in [3.05, 3.63) is 24.3 Å². The van der Waals surface area contributed by atoms with Gasteiger partial charge in [-0.2, -0.15) is 4.98 Å². The topological polar surface area (TPSA) is 80.4 Å². The number of methoxy groups -OCH3 is 1. The van der Waals surface area contributed by atoms with Gasteiger partial charge in [0.1, 0.15) is 5.75 Å². The van der Waals surface area contributed by atoms with Gasteiger partial charge < -0.3 is 19.7 Å². The van der Waals surface area contributed by atoms with Gasteiger partial charge in [-0.3, -0.25) is 0 Å². The molecule has 1 saturated carbocycles. The van der Waals surface area contributed by atoms with E-state index in [4.69, 9.17) is 9.26 Å². The van der Waals surface area contributed by atoms with Crippen LogP contribution in [0, 0.1) is 0 Å². The maximum Gasteiger partial charge on any atom is 0.321 e. The molecular formula is C14H17N3O3. The summed E-state index contributed by atoms with van der Waals surface area (Å²) in [5.74, 6) is 1.23. The molecule has 0 bridgehead atoms. The average molecular weight is 275 g/mol. The number of rotatable bonds is 5. The number of benzene rings is 1. The molecule has 106 valence electrons. The normalized spacial score (nSPS) is 16.5. The number of hydrogen-bond donors (Lipinski definition) is 2. The van der Waals surface area contributed by atoms with Crippen molar-refractivity contribution < 1.29 is 14.4 Å². The smallest absolute Gasteiger partial charge is 0.321 e. The number of nitrogens with one attached hydrogen (secondary N) is 1. The summed E-state index contributed by atoms with van der Waals surface area (Å²) in [7, 11) is 1.61. The number of nitrogens with zero attached hydrogens (tertiary/aromatic N) is 2. The Morgan fingerprint density at radius 3 is 3.00 bits per heavy atom. The first-order valence-corrected chi connectivity index (χ1v) is 6.63. The van der Waals surface area contributed by atoms with Gasteiger partial charge in [0.25, 0.3) is 0 Å². The molecule has 0 spiro atoms. The van der Waals surface area contributed by atoms with Crippen molar-refractivity contribution in [2.24, 2.45) is 0 Å².